The molecule has 0 aromatic heterocycles. The van der Waals surface area contributed by atoms with Gasteiger partial charge in [-0.25, -0.2) is 8.42 Å². The fourth-order valence-corrected chi connectivity index (χ4v) is 2.96. The molecule has 0 bridgehead atoms. The number of sulfonamides is 1. The molecule has 2 aromatic carbocycles. The molecule has 2 aromatic rings. The summed E-state index contributed by atoms with van der Waals surface area (Å²) in [5.41, 5.74) is 1.63. The molecule has 1 atom stereocenters. The van der Waals surface area contributed by atoms with Gasteiger partial charge < -0.3 is 5.32 Å². The summed E-state index contributed by atoms with van der Waals surface area (Å²) in [5, 5.41) is 14.3. The lowest BCUT2D eigenvalue weighted by atomic mass is 10.1. The Morgan fingerprint density at radius 1 is 1.15 bits per heavy atom. The monoisotopic (exact) mass is 377 g/mol. The number of benzene rings is 2. The number of anilines is 2. The van der Waals surface area contributed by atoms with Crippen molar-refractivity contribution in [3.05, 3.63) is 63.7 Å². The van der Waals surface area contributed by atoms with Crippen LogP contribution in [0, 0.1) is 10.1 Å². The fourth-order valence-electron chi connectivity index (χ4n) is 2.39. The first-order valence-corrected chi connectivity index (χ1v) is 9.59. The zero-order chi connectivity index (χ0) is 19.5. The summed E-state index contributed by atoms with van der Waals surface area (Å²) in [6.45, 7) is 3.17. The van der Waals surface area contributed by atoms with Crippen molar-refractivity contribution in [2.24, 2.45) is 0 Å². The van der Waals surface area contributed by atoms with E-state index in [0.29, 0.717) is 11.4 Å². The maximum atomic E-state index is 11.4. The van der Waals surface area contributed by atoms with Crippen molar-refractivity contribution in [1.82, 2.24) is 0 Å². The molecule has 0 heterocycles. The van der Waals surface area contributed by atoms with Crippen LogP contribution in [0.5, 0.6) is 0 Å². The molecule has 2 N–H and O–H groups in total. The molecule has 0 radical (unpaired) electrons. The Morgan fingerprint density at radius 2 is 1.77 bits per heavy atom. The van der Waals surface area contributed by atoms with Gasteiger partial charge in [-0.3, -0.25) is 19.6 Å². The van der Waals surface area contributed by atoms with Crippen LogP contribution in [0.1, 0.15) is 35.8 Å². The number of rotatable bonds is 7. The molecule has 0 spiro atoms. The van der Waals surface area contributed by atoms with E-state index in [1.54, 1.807) is 24.3 Å². The van der Waals surface area contributed by atoms with Gasteiger partial charge in [0.1, 0.15) is 5.69 Å². The molecule has 0 aliphatic rings. The summed E-state index contributed by atoms with van der Waals surface area (Å²) in [4.78, 5) is 22.2. The average Bonchev–Trinajstić information content (AvgIpc) is 2.53. The average molecular weight is 377 g/mol. The number of ketones is 1. The van der Waals surface area contributed by atoms with Gasteiger partial charge in [0.15, 0.2) is 5.78 Å². The van der Waals surface area contributed by atoms with Crippen LogP contribution < -0.4 is 10.0 Å². The second-order valence-electron chi connectivity index (χ2n) is 5.91. The van der Waals surface area contributed by atoms with Crippen molar-refractivity contribution >= 4 is 32.9 Å². The quantitative estimate of drug-likeness (QED) is 0.434. The Morgan fingerprint density at radius 3 is 2.27 bits per heavy atom. The van der Waals surface area contributed by atoms with Gasteiger partial charge >= 0.3 is 0 Å². The third kappa shape index (κ3) is 5.03. The normalized spacial score (nSPS) is 12.3. The van der Waals surface area contributed by atoms with Crippen molar-refractivity contribution in [3.63, 3.8) is 0 Å². The summed E-state index contributed by atoms with van der Waals surface area (Å²) in [7, 11) is -3.35. The van der Waals surface area contributed by atoms with E-state index in [9.17, 15) is 23.3 Å². The minimum Gasteiger partial charge on any atom is -0.373 e. The highest BCUT2D eigenvalue weighted by atomic mass is 32.2. The van der Waals surface area contributed by atoms with Crippen molar-refractivity contribution < 1.29 is 18.1 Å². The Labute approximate surface area is 151 Å². The highest BCUT2D eigenvalue weighted by Crippen LogP contribution is 2.29. The number of hydrogen-bond donors (Lipinski definition) is 2. The SMILES string of the molecule is CC(=O)c1ccc(NC(C)c2ccc(NS(C)(=O)=O)cc2)c([N+](=O)[O-])c1. The second kappa shape index (κ2) is 7.52. The van der Waals surface area contributed by atoms with Crippen LogP contribution in [-0.4, -0.2) is 25.4 Å². The number of carbonyl (C=O) groups is 1. The first-order chi connectivity index (χ1) is 12.1. The van der Waals surface area contributed by atoms with Crippen molar-refractivity contribution in [1.29, 1.82) is 0 Å². The van der Waals surface area contributed by atoms with Gasteiger partial charge in [0.2, 0.25) is 10.0 Å². The number of hydrogen-bond acceptors (Lipinski definition) is 6. The van der Waals surface area contributed by atoms with Crippen LogP contribution in [0.4, 0.5) is 17.1 Å². The van der Waals surface area contributed by atoms with Crippen LogP contribution in [0.15, 0.2) is 42.5 Å². The van der Waals surface area contributed by atoms with Crippen molar-refractivity contribution in [3.8, 4) is 0 Å². The molecule has 138 valence electrons. The molecule has 1 unspecified atom stereocenters. The van der Waals surface area contributed by atoms with Crippen LogP contribution in [0.25, 0.3) is 0 Å². The van der Waals surface area contributed by atoms with Gasteiger partial charge in [-0.2, -0.15) is 0 Å². The summed E-state index contributed by atoms with van der Waals surface area (Å²) in [5.74, 6) is -0.248. The van der Waals surface area contributed by atoms with Crippen molar-refractivity contribution in [2.45, 2.75) is 19.9 Å². The van der Waals surface area contributed by atoms with Gasteiger partial charge in [-0.05, 0) is 43.7 Å². The van der Waals surface area contributed by atoms with E-state index < -0.39 is 14.9 Å². The summed E-state index contributed by atoms with van der Waals surface area (Å²) >= 11 is 0. The lowest BCUT2D eigenvalue weighted by Crippen LogP contribution is -2.11. The smallest absolute Gasteiger partial charge is 0.293 e. The lowest BCUT2D eigenvalue weighted by molar-refractivity contribution is -0.384. The maximum absolute atomic E-state index is 11.4. The minimum atomic E-state index is -3.35. The highest BCUT2D eigenvalue weighted by molar-refractivity contribution is 7.92. The number of nitrogens with one attached hydrogen (secondary N) is 2. The van der Waals surface area contributed by atoms with Gasteiger partial charge in [0.05, 0.1) is 11.2 Å². The molecule has 8 nitrogen and oxygen atoms in total. The summed E-state index contributed by atoms with van der Waals surface area (Å²) < 4.78 is 24.8. The third-order valence-corrected chi connectivity index (χ3v) is 4.29. The van der Waals surface area contributed by atoms with E-state index in [1.807, 2.05) is 6.92 Å². The lowest BCUT2D eigenvalue weighted by Gasteiger charge is -2.16. The largest absolute Gasteiger partial charge is 0.373 e. The van der Waals surface area contributed by atoms with Crippen LogP contribution in [0.2, 0.25) is 0 Å². The number of Topliss-reactive ketones (excluding diaryl/α,β-unsaturated/α-hetero) is 1. The van der Waals surface area contributed by atoms with Crippen molar-refractivity contribution in [2.75, 3.05) is 16.3 Å². The van der Waals surface area contributed by atoms with Gasteiger partial charge in [-0.15, -0.1) is 0 Å². The Kier molecular flexibility index (Phi) is 5.61. The number of nitrogens with zero attached hydrogens (tertiary/aromatic N) is 1. The number of nitro groups is 1. The maximum Gasteiger partial charge on any atom is 0.293 e. The van der Waals surface area contributed by atoms with E-state index in [2.05, 4.69) is 10.0 Å². The zero-order valence-corrected chi connectivity index (χ0v) is 15.3. The molecule has 0 amide bonds. The number of nitro benzene ring substituents is 1. The molecular formula is C17H19N3O5S. The molecular weight excluding hydrogens is 358 g/mol. The molecule has 0 saturated carbocycles. The zero-order valence-electron chi connectivity index (χ0n) is 14.5. The van der Waals surface area contributed by atoms with E-state index in [4.69, 9.17) is 0 Å². The Hall–Kier alpha value is -2.94. The van der Waals surface area contributed by atoms with Gasteiger partial charge in [-0.1, -0.05) is 12.1 Å². The van der Waals surface area contributed by atoms with Crippen LogP contribution >= 0.6 is 0 Å². The minimum absolute atomic E-state index is 0.181. The Bertz CT molecular complexity index is 939. The standard InChI is InChI=1S/C17H19N3O5S/c1-11(13-4-7-15(8-5-13)19-26(3,24)25)18-16-9-6-14(12(2)21)10-17(16)20(22)23/h4-11,18-19H,1-3H3. The van der Waals surface area contributed by atoms with E-state index in [-0.39, 0.29) is 23.1 Å². The van der Waals surface area contributed by atoms with Gasteiger partial charge in [0.25, 0.3) is 5.69 Å². The molecule has 2 rings (SSSR count). The predicted octanol–water partition coefficient (Wildman–Crippen LogP) is 3.34. The second-order valence-corrected chi connectivity index (χ2v) is 7.66. The molecule has 26 heavy (non-hydrogen) atoms. The summed E-state index contributed by atoms with van der Waals surface area (Å²) in [6, 6.07) is 10.7. The van der Waals surface area contributed by atoms with Crippen LogP contribution in [0.3, 0.4) is 0 Å². The summed E-state index contributed by atoms with van der Waals surface area (Å²) in [6.07, 6.45) is 1.06. The highest BCUT2D eigenvalue weighted by Gasteiger charge is 2.18. The predicted molar refractivity (Wildman–Crippen MR) is 100 cm³/mol. The molecule has 0 aliphatic carbocycles. The van der Waals surface area contributed by atoms with Gasteiger partial charge in [0, 0.05) is 23.4 Å². The first kappa shape index (κ1) is 19.4. The molecule has 9 heteroatoms. The Balaban J connectivity index is 2.23. The third-order valence-electron chi connectivity index (χ3n) is 3.69. The van der Waals surface area contributed by atoms with E-state index in [1.165, 1.54) is 25.1 Å². The van der Waals surface area contributed by atoms with Crippen LogP contribution in [-0.2, 0) is 10.0 Å². The topological polar surface area (TPSA) is 118 Å². The van der Waals surface area contributed by atoms with E-state index in [0.717, 1.165) is 11.8 Å². The van der Waals surface area contributed by atoms with E-state index >= 15 is 0 Å². The molecule has 0 fully saturated rings. The fraction of sp³-hybridized carbons (Fsp3) is 0.235. The number of carbonyl (C=O) groups excluding carboxylic acids is 1. The first-order valence-electron chi connectivity index (χ1n) is 7.70. The molecule has 0 saturated heterocycles. The molecule has 0 aliphatic heterocycles.